The first kappa shape index (κ1) is 18.1. The van der Waals surface area contributed by atoms with Gasteiger partial charge < -0.3 is 19.1 Å². The van der Waals surface area contributed by atoms with E-state index in [1.54, 1.807) is 18.0 Å². The molecule has 5 nitrogen and oxygen atoms in total. The lowest BCUT2D eigenvalue weighted by atomic mass is 10.1. The second-order valence-electron chi connectivity index (χ2n) is 6.87. The smallest absolute Gasteiger partial charge is 0.254 e. The van der Waals surface area contributed by atoms with E-state index in [1.165, 1.54) is 0 Å². The summed E-state index contributed by atoms with van der Waals surface area (Å²) >= 11 is 0. The summed E-state index contributed by atoms with van der Waals surface area (Å²) < 4.78 is 16.9. The van der Waals surface area contributed by atoms with E-state index < -0.39 is 0 Å². The van der Waals surface area contributed by atoms with Crippen molar-refractivity contribution in [3.8, 4) is 17.2 Å². The maximum atomic E-state index is 12.7. The van der Waals surface area contributed by atoms with Crippen molar-refractivity contribution in [3.63, 3.8) is 0 Å². The molecule has 0 fully saturated rings. The van der Waals surface area contributed by atoms with Gasteiger partial charge in [0.25, 0.3) is 5.91 Å². The van der Waals surface area contributed by atoms with Gasteiger partial charge >= 0.3 is 0 Å². The minimum absolute atomic E-state index is 0.0464. The minimum Gasteiger partial charge on any atom is -0.493 e. The van der Waals surface area contributed by atoms with Crippen LogP contribution < -0.4 is 14.2 Å². The van der Waals surface area contributed by atoms with Crippen molar-refractivity contribution in [2.75, 3.05) is 26.9 Å². The molecule has 2 aromatic rings. The first-order valence-corrected chi connectivity index (χ1v) is 8.90. The van der Waals surface area contributed by atoms with Crippen molar-refractivity contribution in [3.05, 3.63) is 53.6 Å². The summed E-state index contributed by atoms with van der Waals surface area (Å²) in [6.45, 7) is 6.43. The number of rotatable bonds is 6. The van der Waals surface area contributed by atoms with E-state index in [4.69, 9.17) is 14.2 Å². The third-order valence-corrected chi connectivity index (χ3v) is 4.04. The van der Waals surface area contributed by atoms with Crippen LogP contribution in [-0.2, 0) is 6.54 Å². The van der Waals surface area contributed by atoms with Gasteiger partial charge in [-0.05, 0) is 41.8 Å². The van der Waals surface area contributed by atoms with E-state index in [2.05, 4.69) is 13.8 Å². The highest BCUT2D eigenvalue weighted by atomic mass is 16.6. The van der Waals surface area contributed by atoms with E-state index >= 15 is 0 Å². The summed E-state index contributed by atoms with van der Waals surface area (Å²) in [5, 5.41) is 0. The second kappa shape index (κ2) is 8.13. The van der Waals surface area contributed by atoms with Crippen molar-refractivity contribution < 1.29 is 19.0 Å². The van der Waals surface area contributed by atoms with Crippen LogP contribution in [0.3, 0.4) is 0 Å². The highest BCUT2D eigenvalue weighted by molar-refractivity contribution is 5.94. The molecule has 0 atom stereocenters. The van der Waals surface area contributed by atoms with Crippen LogP contribution in [0.1, 0.15) is 29.8 Å². The van der Waals surface area contributed by atoms with E-state index in [0.29, 0.717) is 37.8 Å². The number of hydrogen-bond acceptors (Lipinski definition) is 4. The second-order valence-corrected chi connectivity index (χ2v) is 6.87. The Labute approximate surface area is 154 Å². The Kier molecular flexibility index (Phi) is 5.66. The van der Waals surface area contributed by atoms with Crippen LogP contribution in [0.4, 0.5) is 0 Å². The molecular formula is C21H25NO4. The fourth-order valence-corrected chi connectivity index (χ4v) is 2.73. The van der Waals surface area contributed by atoms with Crippen LogP contribution in [0.5, 0.6) is 17.2 Å². The zero-order valence-electron chi connectivity index (χ0n) is 15.5. The van der Waals surface area contributed by atoms with E-state index in [0.717, 1.165) is 22.8 Å². The predicted octanol–water partition coefficient (Wildman–Crippen LogP) is 3.76. The van der Waals surface area contributed by atoms with Gasteiger partial charge in [0.2, 0.25) is 0 Å². The van der Waals surface area contributed by atoms with Crippen LogP contribution >= 0.6 is 0 Å². The van der Waals surface area contributed by atoms with Gasteiger partial charge in [-0.3, -0.25) is 4.79 Å². The van der Waals surface area contributed by atoms with Gasteiger partial charge in [-0.15, -0.1) is 0 Å². The number of amides is 1. The maximum Gasteiger partial charge on any atom is 0.254 e. The molecule has 0 spiro atoms. The zero-order chi connectivity index (χ0) is 18.5. The molecule has 138 valence electrons. The number of fused-ring (bicyclic) bond motifs is 1. The molecule has 0 aliphatic carbocycles. The topological polar surface area (TPSA) is 48.0 Å². The van der Waals surface area contributed by atoms with Crippen molar-refractivity contribution in [1.29, 1.82) is 0 Å². The lowest BCUT2D eigenvalue weighted by Crippen LogP contribution is -2.26. The van der Waals surface area contributed by atoms with E-state index in [9.17, 15) is 4.79 Å². The van der Waals surface area contributed by atoms with Crippen LogP contribution in [0.25, 0.3) is 0 Å². The first-order chi connectivity index (χ1) is 12.5. The molecule has 0 bridgehead atoms. The average molecular weight is 355 g/mol. The highest BCUT2D eigenvalue weighted by Gasteiger charge is 2.16. The fraction of sp³-hybridized carbons (Fsp3) is 0.381. The molecule has 1 aliphatic rings. The summed E-state index contributed by atoms with van der Waals surface area (Å²) in [6.07, 6.45) is 0. The maximum absolute atomic E-state index is 12.7. The van der Waals surface area contributed by atoms with Crippen LogP contribution in [0, 0.1) is 5.92 Å². The number of carbonyl (C=O) groups excluding carboxylic acids is 1. The minimum atomic E-state index is -0.0464. The molecule has 0 saturated heterocycles. The lowest BCUT2D eigenvalue weighted by molar-refractivity contribution is 0.0784. The van der Waals surface area contributed by atoms with Gasteiger partial charge in [0.05, 0.1) is 6.61 Å². The molecular weight excluding hydrogens is 330 g/mol. The third-order valence-electron chi connectivity index (χ3n) is 4.04. The molecule has 0 saturated carbocycles. The number of ether oxygens (including phenoxy) is 3. The van der Waals surface area contributed by atoms with Crippen molar-refractivity contribution in [2.24, 2.45) is 5.92 Å². The van der Waals surface area contributed by atoms with E-state index in [-0.39, 0.29) is 5.91 Å². The highest BCUT2D eigenvalue weighted by Crippen LogP contribution is 2.31. The SMILES string of the molecule is CC(C)COc1cccc(C(=O)N(C)Cc2ccc3c(c2)OCCO3)c1. The van der Waals surface area contributed by atoms with Crippen LogP contribution in [-0.4, -0.2) is 37.7 Å². The molecule has 1 amide bonds. The van der Waals surface area contributed by atoms with Gasteiger partial charge in [-0.2, -0.15) is 0 Å². The quantitative estimate of drug-likeness (QED) is 0.791. The average Bonchev–Trinajstić information content (AvgIpc) is 2.66. The number of benzene rings is 2. The summed E-state index contributed by atoms with van der Waals surface area (Å²) in [4.78, 5) is 14.4. The first-order valence-electron chi connectivity index (χ1n) is 8.90. The Morgan fingerprint density at radius 3 is 2.65 bits per heavy atom. The normalized spacial score (nSPS) is 12.8. The standard InChI is InChI=1S/C21H25NO4/c1-15(2)14-26-18-6-4-5-17(12-18)21(23)22(3)13-16-7-8-19-20(11-16)25-10-9-24-19/h4-8,11-12,15H,9-10,13-14H2,1-3H3. The lowest BCUT2D eigenvalue weighted by Gasteiger charge is -2.21. The van der Waals surface area contributed by atoms with E-state index in [1.807, 2.05) is 36.4 Å². The molecule has 3 rings (SSSR count). The molecule has 1 heterocycles. The van der Waals surface area contributed by atoms with Crippen LogP contribution in [0.2, 0.25) is 0 Å². The predicted molar refractivity (Wildman–Crippen MR) is 100 cm³/mol. The molecule has 2 aromatic carbocycles. The Morgan fingerprint density at radius 2 is 1.88 bits per heavy atom. The number of carbonyl (C=O) groups is 1. The Bertz CT molecular complexity index is 772. The molecule has 5 heteroatoms. The van der Waals surface area contributed by atoms with Gasteiger partial charge in [-0.25, -0.2) is 0 Å². The van der Waals surface area contributed by atoms with Crippen molar-refractivity contribution >= 4 is 5.91 Å². The molecule has 0 aromatic heterocycles. The Hall–Kier alpha value is -2.69. The summed E-state index contributed by atoms with van der Waals surface area (Å²) in [5.41, 5.74) is 1.61. The largest absolute Gasteiger partial charge is 0.493 e. The molecule has 0 unspecified atom stereocenters. The summed E-state index contributed by atoms with van der Waals surface area (Å²) in [6, 6.07) is 13.1. The van der Waals surface area contributed by atoms with Gasteiger partial charge in [0.15, 0.2) is 11.5 Å². The number of hydrogen-bond donors (Lipinski definition) is 0. The van der Waals surface area contributed by atoms with Crippen molar-refractivity contribution in [2.45, 2.75) is 20.4 Å². The van der Waals surface area contributed by atoms with Crippen LogP contribution in [0.15, 0.2) is 42.5 Å². The zero-order valence-corrected chi connectivity index (χ0v) is 15.5. The molecule has 0 radical (unpaired) electrons. The molecule has 0 N–H and O–H groups in total. The number of nitrogens with zero attached hydrogens (tertiary/aromatic N) is 1. The fourth-order valence-electron chi connectivity index (χ4n) is 2.73. The monoisotopic (exact) mass is 355 g/mol. The molecule has 26 heavy (non-hydrogen) atoms. The molecule has 1 aliphatic heterocycles. The Morgan fingerprint density at radius 1 is 1.12 bits per heavy atom. The van der Waals surface area contributed by atoms with Crippen molar-refractivity contribution in [1.82, 2.24) is 4.90 Å². The van der Waals surface area contributed by atoms with Gasteiger partial charge in [0, 0.05) is 19.2 Å². The van der Waals surface area contributed by atoms with Gasteiger partial charge in [0.1, 0.15) is 19.0 Å². The summed E-state index contributed by atoms with van der Waals surface area (Å²) in [7, 11) is 1.79. The van der Waals surface area contributed by atoms with Gasteiger partial charge in [-0.1, -0.05) is 26.0 Å². The third kappa shape index (κ3) is 4.48. The summed E-state index contributed by atoms with van der Waals surface area (Å²) in [5.74, 6) is 2.60. The Balaban J connectivity index is 1.67.